The molecule has 0 aliphatic carbocycles. The van der Waals surface area contributed by atoms with E-state index < -0.39 is 0 Å². The normalized spacial score (nSPS) is 12.2. The summed E-state index contributed by atoms with van der Waals surface area (Å²) in [5, 5.41) is 0. The number of anilines is 1. The number of aromatic nitrogens is 1. The van der Waals surface area contributed by atoms with Crippen molar-refractivity contribution >= 4 is 5.69 Å². The number of nitrogens with two attached hydrogens (primary N) is 1. The first-order valence-electron chi connectivity index (χ1n) is 7.15. The molecule has 112 valence electrons. The van der Waals surface area contributed by atoms with E-state index in [1.165, 1.54) is 0 Å². The van der Waals surface area contributed by atoms with Gasteiger partial charge in [0.2, 0.25) is 0 Å². The standard InChI is InChI=1S/C17H22FN3/c1-12-10-17(15(13(2)19)11-16(12)18)21(3)9-7-14-6-4-5-8-20-14/h4-6,8,10-11,13H,7,9,19H2,1-3H3. The third-order valence-electron chi connectivity index (χ3n) is 3.64. The van der Waals surface area contributed by atoms with E-state index in [2.05, 4.69) is 9.88 Å². The molecule has 1 aromatic heterocycles. The van der Waals surface area contributed by atoms with Crippen molar-refractivity contribution in [2.45, 2.75) is 26.3 Å². The maximum atomic E-state index is 13.7. The molecule has 0 saturated heterocycles. The Balaban J connectivity index is 2.18. The number of hydrogen-bond donors (Lipinski definition) is 1. The molecule has 0 bridgehead atoms. The van der Waals surface area contributed by atoms with Crippen LogP contribution in [0.2, 0.25) is 0 Å². The monoisotopic (exact) mass is 287 g/mol. The maximum Gasteiger partial charge on any atom is 0.126 e. The lowest BCUT2D eigenvalue weighted by molar-refractivity contribution is 0.612. The van der Waals surface area contributed by atoms with Gasteiger partial charge in [-0.3, -0.25) is 4.98 Å². The number of benzene rings is 1. The minimum absolute atomic E-state index is 0.201. The summed E-state index contributed by atoms with van der Waals surface area (Å²) < 4.78 is 13.7. The van der Waals surface area contributed by atoms with Gasteiger partial charge in [0, 0.05) is 43.6 Å². The molecule has 1 heterocycles. The number of rotatable bonds is 5. The van der Waals surface area contributed by atoms with Crippen molar-refractivity contribution in [2.75, 3.05) is 18.5 Å². The summed E-state index contributed by atoms with van der Waals surface area (Å²) in [7, 11) is 2.00. The van der Waals surface area contributed by atoms with Crippen LogP contribution in [0.3, 0.4) is 0 Å². The summed E-state index contributed by atoms with van der Waals surface area (Å²) in [6.07, 6.45) is 2.64. The third kappa shape index (κ3) is 3.79. The fraction of sp³-hybridized carbons (Fsp3) is 0.353. The van der Waals surface area contributed by atoms with Crippen molar-refractivity contribution in [1.29, 1.82) is 0 Å². The van der Waals surface area contributed by atoms with Crippen LogP contribution in [0.4, 0.5) is 10.1 Å². The van der Waals surface area contributed by atoms with Crippen molar-refractivity contribution in [3.63, 3.8) is 0 Å². The molecule has 0 fully saturated rings. The Labute approximate surface area is 125 Å². The Kier molecular flexibility index (Phi) is 4.91. The summed E-state index contributed by atoms with van der Waals surface area (Å²) in [6.45, 7) is 4.46. The quantitative estimate of drug-likeness (QED) is 0.918. The second kappa shape index (κ2) is 6.68. The van der Waals surface area contributed by atoms with E-state index in [9.17, 15) is 4.39 Å². The van der Waals surface area contributed by atoms with Crippen LogP contribution in [-0.4, -0.2) is 18.6 Å². The second-order valence-electron chi connectivity index (χ2n) is 5.44. The van der Waals surface area contributed by atoms with Crippen LogP contribution in [0.1, 0.15) is 29.8 Å². The van der Waals surface area contributed by atoms with Crippen LogP contribution in [0.5, 0.6) is 0 Å². The van der Waals surface area contributed by atoms with Gasteiger partial charge in [-0.1, -0.05) is 6.07 Å². The van der Waals surface area contributed by atoms with Gasteiger partial charge in [0.25, 0.3) is 0 Å². The Bertz CT molecular complexity index is 596. The molecule has 4 heteroatoms. The van der Waals surface area contributed by atoms with E-state index in [0.717, 1.165) is 29.9 Å². The molecular formula is C17H22FN3. The first-order valence-corrected chi connectivity index (χ1v) is 7.15. The molecule has 0 radical (unpaired) electrons. The zero-order valence-corrected chi connectivity index (χ0v) is 12.8. The third-order valence-corrected chi connectivity index (χ3v) is 3.64. The van der Waals surface area contributed by atoms with E-state index in [1.807, 2.05) is 38.2 Å². The van der Waals surface area contributed by atoms with Crippen molar-refractivity contribution in [2.24, 2.45) is 5.73 Å². The predicted molar refractivity (Wildman–Crippen MR) is 85.0 cm³/mol. The van der Waals surface area contributed by atoms with Gasteiger partial charge in [0.05, 0.1) is 0 Å². The summed E-state index contributed by atoms with van der Waals surface area (Å²) in [5.41, 5.74) is 9.48. The van der Waals surface area contributed by atoms with E-state index in [0.29, 0.717) is 5.56 Å². The van der Waals surface area contributed by atoms with E-state index in [1.54, 1.807) is 19.2 Å². The molecule has 1 aromatic carbocycles. The Morgan fingerprint density at radius 3 is 2.71 bits per heavy atom. The van der Waals surface area contributed by atoms with Gasteiger partial charge in [-0.15, -0.1) is 0 Å². The number of pyridine rings is 1. The minimum Gasteiger partial charge on any atom is -0.374 e. The van der Waals surface area contributed by atoms with Gasteiger partial charge in [-0.25, -0.2) is 4.39 Å². The Hall–Kier alpha value is -1.94. The summed E-state index contributed by atoms with van der Waals surface area (Å²) in [4.78, 5) is 6.43. The van der Waals surface area contributed by atoms with Gasteiger partial charge >= 0.3 is 0 Å². The van der Waals surface area contributed by atoms with Gasteiger partial charge in [-0.2, -0.15) is 0 Å². The van der Waals surface area contributed by atoms with Gasteiger partial charge < -0.3 is 10.6 Å². The highest BCUT2D eigenvalue weighted by molar-refractivity contribution is 5.56. The molecule has 0 aliphatic heterocycles. The van der Waals surface area contributed by atoms with Crippen LogP contribution in [-0.2, 0) is 6.42 Å². The molecule has 0 spiro atoms. The number of aryl methyl sites for hydroxylation is 1. The predicted octanol–water partition coefficient (Wildman–Crippen LogP) is 3.23. The molecule has 2 N–H and O–H groups in total. The van der Waals surface area contributed by atoms with Crippen LogP contribution in [0, 0.1) is 12.7 Å². The lowest BCUT2D eigenvalue weighted by atomic mass is 10.0. The van der Waals surface area contributed by atoms with Crippen LogP contribution >= 0.6 is 0 Å². The summed E-state index contributed by atoms with van der Waals surface area (Å²) >= 11 is 0. The first-order chi connectivity index (χ1) is 9.99. The molecule has 21 heavy (non-hydrogen) atoms. The number of halogens is 1. The fourth-order valence-electron chi connectivity index (χ4n) is 2.33. The highest BCUT2D eigenvalue weighted by atomic mass is 19.1. The summed E-state index contributed by atoms with van der Waals surface area (Å²) in [6, 6.07) is 9.12. The number of nitrogens with zero attached hydrogens (tertiary/aromatic N) is 2. The Morgan fingerprint density at radius 2 is 2.10 bits per heavy atom. The van der Waals surface area contributed by atoms with Crippen molar-refractivity contribution in [1.82, 2.24) is 4.98 Å². The van der Waals surface area contributed by atoms with Crippen molar-refractivity contribution in [3.8, 4) is 0 Å². The van der Waals surface area contributed by atoms with Gasteiger partial charge in [0.15, 0.2) is 0 Å². The van der Waals surface area contributed by atoms with Gasteiger partial charge in [-0.05, 0) is 49.2 Å². The average molecular weight is 287 g/mol. The van der Waals surface area contributed by atoms with Crippen LogP contribution in [0.25, 0.3) is 0 Å². The molecule has 1 atom stereocenters. The lowest BCUT2D eigenvalue weighted by Crippen LogP contribution is -2.24. The zero-order chi connectivity index (χ0) is 15.4. The molecule has 3 nitrogen and oxygen atoms in total. The van der Waals surface area contributed by atoms with Gasteiger partial charge in [0.1, 0.15) is 5.82 Å². The highest BCUT2D eigenvalue weighted by Crippen LogP contribution is 2.27. The fourth-order valence-corrected chi connectivity index (χ4v) is 2.33. The minimum atomic E-state index is -0.204. The smallest absolute Gasteiger partial charge is 0.126 e. The molecule has 0 aliphatic rings. The molecule has 2 rings (SSSR count). The molecular weight excluding hydrogens is 265 g/mol. The number of hydrogen-bond acceptors (Lipinski definition) is 3. The van der Waals surface area contributed by atoms with Crippen molar-refractivity contribution < 1.29 is 4.39 Å². The molecule has 1 unspecified atom stereocenters. The highest BCUT2D eigenvalue weighted by Gasteiger charge is 2.14. The zero-order valence-electron chi connectivity index (χ0n) is 12.8. The lowest BCUT2D eigenvalue weighted by Gasteiger charge is -2.24. The largest absolute Gasteiger partial charge is 0.374 e. The van der Waals surface area contributed by atoms with Crippen LogP contribution in [0.15, 0.2) is 36.5 Å². The molecule has 2 aromatic rings. The maximum absolute atomic E-state index is 13.7. The van der Waals surface area contributed by atoms with E-state index in [4.69, 9.17) is 5.73 Å². The molecule has 0 amide bonds. The summed E-state index contributed by atoms with van der Waals surface area (Å²) in [5.74, 6) is -0.204. The SMILES string of the molecule is Cc1cc(N(C)CCc2ccccn2)c(C(C)N)cc1F. The van der Waals surface area contributed by atoms with E-state index in [-0.39, 0.29) is 11.9 Å². The van der Waals surface area contributed by atoms with E-state index >= 15 is 0 Å². The van der Waals surface area contributed by atoms with Crippen molar-refractivity contribution in [3.05, 3.63) is 59.2 Å². The topological polar surface area (TPSA) is 42.2 Å². The Morgan fingerprint density at radius 1 is 1.33 bits per heavy atom. The van der Waals surface area contributed by atoms with Crippen LogP contribution < -0.4 is 10.6 Å². The molecule has 0 saturated carbocycles. The second-order valence-corrected chi connectivity index (χ2v) is 5.44. The average Bonchev–Trinajstić information content (AvgIpc) is 2.48. The number of likely N-dealkylation sites (N-methyl/N-ethyl adjacent to an activating group) is 1. The first kappa shape index (κ1) is 15.4.